The third kappa shape index (κ3) is 4.58. The van der Waals surface area contributed by atoms with Gasteiger partial charge in [-0.05, 0) is 31.4 Å². The molecule has 2 heterocycles. The molecule has 0 aromatic carbocycles. The number of carbonyl (C=O) groups excluding carboxylic acids is 1. The number of aromatic nitrogens is 1. The highest BCUT2D eigenvalue weighted by Crippen LogP contribution is 2.11. The first-order valence-electron chi connectivity index (χ1n) is 7.25. The minimum atomic E-state index is 0.0992. The summed E-state index contributed by atoms with van der Waals surface area (Å²) < 4.78 is 0. The maximum atomic E-state index is 11.3. The SMILES string of the molecule is CNC(=O)CN1CCC(NCc2ccc(C)nc2)CC1. The van der Waals surface area contributed by atoms with Crippen LogP contribution < -0.4 is 10.6 Å². The van der Waals surface area contributed by atoms with Gasteiger partial charge in [0.15, 0.2) is 0 Å². The predicted octanol–water partition coefficient (Wildman–Crippen LogP) is 0.690. The smallest absolute Gasteiger partial charge is 0.233 e. The molecule has 0 radical (unpaired) electrons. The molecule has 5 nitrogen and oxygen atoms in total. The quantitative estimate of drug-likeness (QED) is 0.831. The zero-order chi connectivity index (χ0) is 14.4. The lowest BCUT2D eigenvalue weighted by Crippen LogP contribution is -2.45. The summed E-state index contributed by atoms with van der Waals surface area (Å²) in [6.45, 7) is 5.35. The molecule has 20 heavy (non-hydrogen) atoms. The second-order valence-corrected chi connectivity index (χ2v) is 5.41. The summed E-state index contributed by atoms with van der Waals surface area (Å²) in [4.78, 5) is 17.8. The Morgan fingerprint density at radius 3 is 2.75 bits per heavy atom. The van der Waals surface area contributed by atoms with E-state index in [1.165, 1.54) is 5.56 Å². The summed E-state index contributed by atoms with van der Waals surface area (Å²) in [6.07, 6.45) is 4.12. The maximum absolute atomic E-state index is 11.3. The number of pyridine rings is 1. The molecule has 0 saturated carbocycles. The van der Waals surface area contributed by atoms with Crippen LogP contribution in [0.5, 0.6) is 0 Å². The molecule has 0 aliphatic carbocycles. The van der Waals surface area contributed by atoms with Crippen LogP contribution in [0.3, 0.4) is 0 Å². The topological polar surface area (TPSA) is 57.3 Å². The molecule has 0 bridgehead atoms. The van der Waals surface area contributed by atoms with E-state index in [0.717, 1.165) is 38.2 Å². The Kier molecular flexibility index (Phi) is 5.49. The van der Waals surface area contributed by atoms with E-state index in [4.69, 9.17) is 0 Å². The number of likely N-dealkylation sites (N-methyl/N-ethyl adjacent to an activating group) is 1. The van der Waals surface area contributed by atoms with Crippen LogP contribution in [-0.2, 0) is 11.3 Å². The van der Waals surface area contributed by atoms with Gasteiger partial charge < -0.3 is 10.6 Å². The number of hydrogen-bond acceptors (Lipinski definition) is 4. The van der Waals surface area contributed by atoms with Crippen LogP contribution in [0.15, 0.2) is 18.3 Å². The summed E-state index contributed by atoms with van der Waals surface area (Å²) >= 11 is 0. The standard InChI is InChI=1S/C15H24N4O/c1-12-3-4-13(9-17-12)10-18-14-5-7-19(8-6-14)11-15(20)16-2/h3-4,9,14,18H,5-8,10-11H2,1-2H3,(H,16,20). The monoisotopic (exact) mass is 276 g/mol. The molecule has 1 aromatic rings. The molecule has 1 amide bonds. The molecule has 0 unspecified atom stereocenters. The Bertz CT molecular complexity index is 424. The molecule has 1 fully saturated rings. The first-order valence-corrected chi connectivity index (χ1v) is 7.25. The number of piperidine rings is 1. The summed E-state index contributed by atoms with van der Waals surface area (Å²) in [6, 6.07) is 4.70. The minimum absolute atomic E-state index is 0.0992. The Morgan fingerprint density at radius 1 is 1.40 bits per heavy atom. The summed E-state index contributed by atoms with van der Waals surface area (Å²) in [5.74, 6) is 0.0992. The van der Waals surface area contributed by atoms with E-state index in [1.54, 1.807) is 7.05 Å². The van der Waals surface area contributed by atoms with Crippen LogP contribution in [0, 0.1) is 6.92 Å². The lowest BCUT2D eigenvalue weighted by atomic mass is 10.0. The number of aryl methyl sites for hydroxylation is 1. The number of likely N-dealkylation sites (tertiary alicyclic amines) is 1. The van der Waals surface area contributed by atoms with E-state index in [2.05, 4.69) is 26.6 Å². The molecular formula is C15H24N4O. The average molecular weight is 276 g/mol. The molecule has 1 aliphatic rings. The number of rotatable bonds is 5. The highest BCUT2D eigenvalue weighted by Gasteiger charge is 2.19. The van der Waals surface area contributed by atoms with E-state index < -0.39 is 0 Å². The lowest BCUT2D eigenvalue weighted by Gasteiger charge is -2.31. The lowest BCUT2D eigenvalue weighted by molar-refractivity contribution is -0.122. The van der Waals surface area contributed by atoms with E-state index in [0.29, 0.717) is 12.6 Å². The van der Waals surface area contributed by atoms with Gasteiger partial charge in [0.2, 0.25) is 5.91 Å². The van der Waals surface area contributed by atoms with Crippen molar-refractivity contribution in [3.8, 4) is 0 Å². The molecule has 110 valence electrons. The van der Waals surface area contributed by atoms with Gasteiger partial charge in [0.05, 0.1) is 6.54 Å². The molecule has 2 rings (SSSR count). The summed E-state index contributed by atoms with van der Waals surface area (Å²) in [5, 5.41) is 6.25. The van der Waals surface area contributed by atoms with Crippen molar-refractivity contribution in [3.05, 3.63) is 29.6 Å². The average Bonchev–Trinajstić information content (AvgIpc) is 2.48. The van der Waals surface area contributed by atoms with Gasteiger partial charge in [-0.25, -0.2) is 0 Å². The molecule has 5 heteroatoms. The second-order valence-electron chi connectivity index (χ2n) is 5.41. The van der Waals surface area contributed by atoms with Gasteiger partial charge in [-0.1, -0.05) is 6.07 Å². The number of amides is 1. The van der Waals surface area contributed by atoms with Crippen molar-refractivity contribution < 1.29 is 4.79 Å². The van der Waals surface area contributed by atoms with Crippen LogP contribution in [0.4, 0.5) is 0 Å². The van der Waals surface area contributed by atoms with Crippen molar-refractivity contribution in [1.29, 1.82) is 0 Å². The fourth-order valence-electron chi connectivity index (χ4n) is 2.44. The van der Waals surface area contributed by atoms with E-state index in [1.807, 2.05) is 19.2 Å². The molecule has 1 aromatic heterocycles. The van der Waals surface area contributed by atoms with Gasteiger partial charge in [-0.15, -0.1) is 0 Å². The zero-order valence-electron chi connectivity index (χ0n) is 12.4. The van der Waals surface area contributed by atoms with Crippen LogP contribution >= 0.6 is 0 Å². The molecule has 0 spiro atoms. The highest BCUT2D eigenvalue weighted by atomic mass is 16.1. The number of nitrogens with one attached hydrogen (secondary N) is 2. The summed E-state index contributed by atoms with van der Waals surface area (Å²) in [5.41, 5.74) is 2.28. The Hall–Kier alpha value is -1.46. The number of carbonyl (C=O) groups is 1. The fraction of sp³-hybridized carbons (Fsp3) is 0.600. The van der Waals surface area contributed by atoms with Crippen LogP contribution in [-0.4, -0.2) is 48.5 Å². The van der Waals surface area contributed by atoms with Crippen molar-refractivity contribution in [2.45, 2.75) is 32.4 Å². The normalized spacial score (nSPS) is 17.1. The molecule has 0 atom stereocenters. The Morgan fingerprint density at radius 2 is 2.15 bits per heavy atom. The van der Waals surface area contributed by atoms with Gasteiger partial charge in [-0.3, -0.25) is 14.7 Å². The predicted molar refractivity (Wildman–Crippen MR) is 79.3 cm³/mol. The summed E-state index contributed by atoms with van der Waals surface area (Å²) in [7, 11) is 1.69. The number of hydrogen-bond donors (Lipinski definition) is 2. The van der Waals surface area contributed by atoms with Crippen molar-refractivity contribution in [1.82, 2.24) is 20.5 Å². The second kappa shape index (κ2) is 7.36. The van der Waals surface area contributed by atoms with Crippen molar-refractivity contribution in [2.75, 3.05) is 26.7 Å². The van der Waals surface area contributed by atoms with Gasteiger partial charge in [0, 0.05) is 44.6 Å². The molecule has 2 N–H and O–H groups in total. The van der Waals surface area contributed by atoms with E-state index in [-0.39, 0.29) is 5.91 Å². The Labute approximate surface area is 120 Å². The van der Waals surface area contributed by atoms with Gasteiger partial charge >= 0.3 is 0 Å². The third-order valence-corrected chi connectivity index (χ3v) is 3.80. The minimum Gasteiger partial charge on any atom is -0.358 e. The van der Waals surface area contributed by atoms with Crippen LogP contribution in [0.1, 0.15) is 24.1 Å². The largest absolute Gasteiger partial charge is 0.358 e. The first kappa shape index (κ1) is 14.9. The van der Waals surface area contributed by atoms with Crippen molar-refractivity contribution in [3.63, 3.8) is 0 Å². The fourth-order valence-corrected chi connectivity index (χ4v) is 2.44. The van der Waals surface area contributed by atoms with Gasteiger partial charge in [0.25, 0.3) is 0 Å². The van der Waals surface area contributed by atoms with E-state index in [9.17, 15) is 4.79 Å². The van der Waals surface area contributed by atoms with Crippen LogP contribution in [0.2, 0.25) is 0 Å². The Balaban J connectivity index is 1.69. The molecule has 1 saturated heterocycles. The highest BCUT2D eigenvalue weighted by molar-refractivity contribution is 5.77. The first-order chi connectivity index (χ1) is 9.67. The number of nitrogens with zero attached hydrogens (tertiary/aromatic N) is 2. The van der Waals surface area contributed by atoms with Crippen molar-refractivity contribution in [2.24, 2.45) is 0 Å². The van der Waals surface area contributed by atoms with Crippen molar-refractivity contribution >= 4 is 5.91 Å². The van der Waals surface area contributed by atoms with E-state index >= 15 is 0 Å². The van der Waals surface area contributed by atoms with Gasteiger partial charge in [0.1, 0.15) is 0 Å². The molecular weight excluding hydrogens is 252 g/mol. The third-order valence-electron chi connectivity index (χ3n) is 3.80. The molecule has 1 aliphatic heterocycles. The van der Waals surface area contributed by atoms with Crippen LogP contribution in [0.25, 0.3) is 0 Å². The zero-order valence-corrected chi connectivity index (χ0v) is 12.4. The van der Waals surface area contributed by atoms with Gasteiger partial charge in [-0.2, -0.15) is 0 Å². The maximum Gasteiger partial charge on any atom is 0.233 e.